The van der Waals surface area contributed by atoms with Crippen LogP contribution in [0, 0.1) is 13.8 Å². The minimum absolute atomic E-state index is 0.0691. The largest absolute Gasteiger partial charge is 0.312 e. The van der Waals surface area contributed by atoms with E-state index in [1.165, 1.54) is 0 Å². The molecule has 0 aliphatic heterocycles. The first kappa shape index (κ1) is 16.4. The van der Waals surface area contributed by atoms with Crippen molar-refractivity contribution in [2.45, 2.75) is 59.9 Å². The van der Waals surface area contributed by atoms with Gasteiger partial charge in [-0.15, -0.1) is 0 Å². The highest BCUT2D eigenvalue weighted by molar-refractivity contribution is 5.62. The summed E-state index contributed by atoms with van der Waals surface area (Å²) in [6.07, 6.45) is 7.07. The van der Waals surface area contributed by atoms with Gasteiger partial charge in [0.05, 0.1) is 5.69 Å². The zero-order valence-corrected chi connectivity index (χ0v) is 14.2. The van der Waals surface area contributed by atoms with Crippen molar-refractivity contribution < 1.29 is 0 Å². The smallest absolute Gasteiger partial charge is 0.253 e. The van der Waals surface area contributed by atoms with Crippen molar-refractivity contribution in [3.05, 3.63) is 45.8 Å². The lowest BCUT2D eigenvalue weighted by molar-refractivity contribution is 0.576. The SMILES string of the molecule is CCCCc1cnc(C)nc1-c1cc(C)c(=O)n(C(C)C)c1. The monoisotopic (exact) mass is 299 g/mol. The molecule has 2 aromatic rings. The maximum atomic E-state index is 12.2. The van der Waals surface area contributed by atoms with E-state index >= 15 is 0 Å². The van der Waals surface area contributed by atoms with Crippen LogP contribution in [-0.4, -0.2) is 14.5 Å². The molecule has 118 valence electrons. The molecule has 0 unspecified atom stereocenters. The van der Waals surface area contributed by atoms with Crippen LogP contribution in [-0.2, 0) is 6.42 Å². The number of hydrogen-bond acceptors (Lipinski definition) is 3. The predicted octanol–water partition coefficient (Wildman–Crippen LogP) is 3.85. The number of nitrogens with zero attached hydrogens (tertiary/aromatic N) is 3. The molecule has 4 nitrogen and oxygen atoms in total. The molecule has 4 heteroatoms. The zero-order chi connectivity index (χ0) is 16.3. The van der Waals surface area contributed by atoms with Gasteiger partial charge in [-0.3, -0.25) is 4.79 Å². The highest BCUT2D eigenvalue weighted by Gasteiger charge is 2.12. The molecular formula is C18H25N3O. The predicted molar refractivity (Wildman–Crippen MR) is 90.2 cm³/mol. The first-order valence-corrected chi connectivity index (χ1v) is 7.99. The normalized spacial score (nSPS) is 11.2. The summed E-state index contributed by atoms with van der Waals surface area (Å²) in [4.78, 5) is 21.2. The van der Waals surface area contributed by atoms with Gasteiger partial charge in [0.15, 0.2) is 0 Å². The molecule has 0 bridgehead atoms. The molecule has 2 rings (SSSR count). The van der Waals surface area contributed by atoms with Crippen LogP contribution in [0.5, 0.6) is 0 Å². The van der Waals surface area contributed by atoms with E-state index in [2.05, 4.69) is 16.9 Å². The molecule has 0 aliphatic rings. The third kappa shape index (κ3) is 3.43. The molecule has 0 radical (unpaired) electrons. The standard InChI is InChI=1S/C18H25N3O/c1-6-7-8-15-10-19-14(5)20-17(15)16-9-13(4)18(22)21(11-16)12(2)3/h9-12H,6-8H2,1-5H3. The van der Waals surface area contributed by atoms with E-state index in [4.69, 9.17) is 0 Å². The second-order valence-electron chi connectivity index (χ2n) is 6.11. The van der Waals surface area contributed by atoms with Crippen molar-refractivity contribution in [2.75, 3.05) is 0 Å². The van der Waals surface area contributed by atoms with Gasteiger partial charge in [0.25, 0.3) is 5.56 Å². The first-order valence-electron chi connectivity index (χ1n) is 7.99. The molecule has 0 aromatic carbocycles. The van der Waals surface area contributed by atoms with Gasteiger partial charge < -0.3 is 4.57 Å². The van der Waals surface area contributed by atoms with Crippen molar-refractivity contribution >= 4 is 0 Å². The molecule has 0 N–H and O–H groups in total. The maximum Gasteiger partial charge on any atom is 0.253 e. The van der Waals surface area contributed by atoms with Crippen LogP contribution in [0.3, 0.4) is 0 Å². The molecule has 2 heterocycles. The summed E-state index contributed by atoms with van der Waals surface area (Å²) in [7, 11) is 0. The van der Waals surface area contributed by atoms with Crippen molar-refractivity contribution in [1.82, 2.24) is 14.5 Å². The van der Waals surface area contributed by atoms with Crippen LogP contribution in [0.2, 0.25) is 0 Å². The summed E-state index contributed by atoms with van der Waals surface area (Å²) >= 11 is 0. The molecule has 0 spiro atoms. The van der Waals surface area contributed by atoms with Gasteiger partial charge in [-0.2, -0.15) is 0 Å². The van der Waals surface area contributed by atoms with Gasteiger partial charge in [-0.25, -0.2) is 9.97 Å². The Kier molecular flexibility index (Phi) is 5.11. The summed E-state index contributed by atoms with van der Waals surface area (Å²) in [5.74, 6) is 0.759. The summed E-state index contributed by atoms with van der Waals surface area (Å²) in [6.45, 7) is 9.99. The lowest BCUT2D eigenvalue weighted by Gasteiger charge is -2.15. The van der Waals surface area contributed by atoms with E-state index in [-0.39, 0.29) is 11.6 Å². The third-order valence-electron chi connectivity index (χ3n) is 3.84. The van der Waals surface area contributed by atoms with Crippen LogP contribution >= 0.6 is 0 Å². The Morgan fingerprint density at radius 1 is 1.27 bits per heavy atom. The lowest BCUT2D eigenvalue weighted by Crippen LogP contribution is -2.23. The number of aromatic nitrogens is 3. The minimum atomic E-state index is 0.0691. The Bertz CT molecular complexity index is 717. The molecule has 0 fully saturated rings. The van der Waals surface area contributed by atoms with Gasteiger partial charge in [-0.05, 0) is 52.2 Å². The Hall–Kier alpha value is -1.97. The second kappa shape index (κ2) is 6.86. The minimum Gasteiger partial charge on any atom is -0.312 e. The topological polar surface area (TPSA) is 47.8 Å². The first-order chi connectivity index (χ1) is 10.4. The highest BCUT2D eigenvalue weighted by atomic mass is 16.1. The maximum absolute atomic E-state index is 12.2. The van der Waals surface area contributed by atoms with E-state index in [1.807, 2.05) is 46.2 Å². The fraction of sp³-hybridized carbons (Fsp3) is 0.500. The van der Waals surface area contributed by atoms with Gasteiger partial charge in [0.2, 0.25) is 0 Å². The average molecular weight is 299 g/mol. The van der Waals surface area contributed by atoms with Gasteiger partial charge in [0.1, 0.15) is 5.82 Å². The molecule has 2 aromatic heterocycles. The number of aryl methyl sites for hydroxylation is 3. The average Bonchev–Trinajstić information content (AvgIpc) is 2.48. The molecule has 0 atom stereocenters. The van der Waals surface area contributed by atoms with E-state index in [1.54, 1.807) is 4.57 Å². The molecule has 0 saturated carbocycles. The third-order valence-corrected chi connectivity index (χ3v) is 3.84. The molecule has 0 saturated heterocycles. The van der Waals surface area contributed by atoms with Gasteiger partial charge in [0, 0.05) is 29.6 Å². The lowest BCUT2D eigenvalue weighted by atomic mass is 10.0. The van der Waals surface area contributed by atoms with E-state index < -0.39 is 0 Å². The van der Waals surface area contributed by atoms with Crippen LogP contribution < -0.4 is 5.56 Å². The highest BCUT2D eigenvalue weighted by Crippen LogP contribution is 2.23. The van der Waals surface area contributed by atoms with Crippen LogP contribution in [0.4, 0.5) is 0 Å². The summed E-state index contributed by atoms with van der Waals surface area (Å²) in [6, 6.07) is 2.08. The molecular weight excluding hydrogens is 274 g/mol. The van der Waals surface area contributed by atoms with Gasteiger partial charge >= 0.3 is 0 Å². The summed E-state index contributed by atoms with van der Waals surface area (Å²) in [5.41, 5.74) is 3.94. The number of rotatable bonds is 5. The summed E-state index contributed by atoms with van der Waals surface area (Å²) < 4.78 is 1.78. The van der Waals surface area contributed by atoms with Crippen molar-refractivity contribution in [1.29, 1.82) is 0 Å². The van der Waals surface area contributed by atoms with Crippen molar-refractivity contribution in [3.8, 4) is 11.3 Å². The second-order valence-corrected chi connectivity index (χ2v) is 6.11. The zero-order valence-electron chi connectivity index (χ0n) is 14.2. The number of pyridine rings is 1. The fourth-order valence-electron chi connectivity index (χ4n) is 2.55. The molecule has 22 heavy (non-hydrogen) atoms. The summed E-state index contributed by atoms with van der Waals surface area (Å²) in [5, 5.41) is 0. The Balaban J connectivity index is 2.60. The fourth-order valence-corrected chi connectivity index (χ4v) is 2.55. The number of unbranched alkanes of at least 4 members (excludes halogenated alkanes) is 1. The van der Waals surface area contributed by atoms with Crippen LogP contribution in [0.15, 0.2) is 23.3 Å². The Morgan fingerprint density at radius 2 is 2.00 bits per heavy atom. The van der Waals surface area contributed by atoms with Gasteiger partial charge in [-0.1, -0.05) is 13.3 Å². The quantitative estimate of drug-likeness (QED) is 0.842. The van der Waals surface area contributed by atoms with E-state index in [0.29, 0.717) is 0 Å². The Labute approximate surface area is 132 Å². The van der Waals surface area contributed by atoms with Crippen LogP contribution in [0.1, 0.15) is 56.6 Å². The Morgan fingerprint density at radius 3 is 2.64 bits per heavy atom. The molecule has 0 aliphatic carbocycles. The van der Waals surface area contributed by atoms with Crippen molar-refractivity contribution in [2.24, 2.45) is 0 Å². The molecule has 0 amide bonds. The van der Waals surface area contributed by atoms with Crippen LogP contribution in [0.25, 0.3) is 11.3 Å². The van der Waals surface area contributed by atoms with Crippen molar-refractivity contribution in [3.63, 3.8) is 0 Å². The van der Waals surface area contributed by atoms with E-state index in [0.717, 1.165) is 47.5 Å². The number of hydrogen-bond donors (Lipinski definition) is 0. The van der Waals surface area contributed by atoms with E-state index in [9.17, 15) is 4.79 Å².